The quantitative estimate of drug-likeness (QED) is 0.642. The molecular weight excluding hydrogens is 282 g/mol. The maximum atomic E-state index is 10.9. The van der Waals surface area contributed by atoms with E-state index in [1.54, 1.807) is 11.3 Å². The van der Waals surface area contributed by atoms with Gasteiger partial charge in [-0.1, -0.05) is 17.4 Å². The van der Waals surface area contributed by atoms with Crippen LogP contribution in [0.2, 0.25) is 0 Å². The normalized spacial score (nSPS) is 13.9. The molecule has 1 heterocycles. The molecule has 2 rings (SSSR count). The summed E-state index contributed by atoms with van der Waals surface area (Å²) in [5.41, 5.74) is 2.28. The third-order valence-electron chi connectivity index (χ3n) is 3.30. The van der Waals surface area contributed by atoms with Crippen molar-refractivity contribution >= 4 is 31.7 Å². The second kappa shape index (κ2) is 5.19. The highest BCUT2D eigenvalue weighted by molar-refractivity contribution is 7.86. The molecule has 0 saturated heterocycles. The molecule has 6 heteroatoms. The largest absolute Gasteiger partial charge is 0.748 e. The first-order chi connectivity index (χ1) is 8.79. The Morgan fingerprint density at radius 3 is 2.68 bits per heavy atom. The summed E-state index contributed by atoms with van der Waals surface area (Å²) in [5.74, 6) is 0. The molecule has 0 saturated carbocycles. The van der Waals surface area contributed by atoms with Crippen LogP contribution >= 0.6 is 11.3 Å². The Balaban J connectivity index is 2.30. The van der Waals surface area contributed by atoms with Crippen molar-refractivity contribution < 1.29 is 17.5 Å². The molecule has 0 N–H and O–H groups in total. The highest BCUT2D eigenvalue weighted by atomic mass is 32.2. The van der Waals surface area contributed by atoms with Gasteiger partial charge in [0.25, 0.3) is 0 Å². The zero-order valence-electron chi connectivity index (χ0n) is 11.2. The summed E-state index contributed by atoms with van der Waals surface area (Å²) in [6, 6.07) is 6.23. The molecule has 1 aromatic heterocycles. The lowest BCUT2D eigenvalue weighted by atomic mass is 10.2. The molecule has 0 aliphatic heterocycles. The van der Waals surface area contributed by atoms with Crippen LogP contribution in [-0.2, 0) is 16.7 Å². The maximum Gasteiger partial charge on any atom is 0.235 e. The first-order valence-electron chi connectivity index (χ1n) is 6.13. The number of nitrogens with zero attached hydrogens (tertiary/aromatic N) is 1. The van der Waals surface area contributed by atoms with E-state index in [9.17, 15) is 13.0 Å². The van der Waals surface area contributed by atoms with Crippen molar-refractivity contribution in [1.29, 1.82) is 0 Å². The van der Waals surface area contributed by atoms with Crippen LogP contribution in [0.1, 0.15) is 23.9 Å². The Morgan fingerprint density at radius 1 is 1.37 bits per heavy atom. The molecule has 19 heavy (non-hydrogen) atoms. The predicted octanol–water partition coefficient (Wildman–Crippen LogP) is 2.13. The van der Waals surface area contributed by atoms with E-state index in [4.69, 9.17) is 0 Å². The van der Waals surface area contributed by atoms with Crippen molar-refractivity contribution in [1.82, 2.24) is 0 Å². The lowest BCUT2D eigenvalue weighted by Gasteiger charge is -2.13. The summed E-state index contributed by atoms with van der Waals surface area (Å²) in [6.45, 7) is 6.06. The molecule has 0 fully saturated rings. The molecule has 0 spiro atoms. The Morgan fingerprint density at radius 2 is 2.05 bits per heavy atom. The number of thiazole rings is 1. The van der Waals surface area contributed by atoms with Gasteiger partial charge in [-0.25, -0.2) is 8.42 Å². The van der Waals surface area contributed by atoms with Crippen LogP contribution < -0.4 is 4.57 Å². The predicted molar refractivity (Wildman–Crippen MR) is 75.3 cm³/mol. The Kier molecular flexibility index (Phi) is 3.94. The van der Waals surface area contributed by atoms with Crippen molar-refractivity contribution in [2.45, 2.75) is 39.0 Å². The van der Waals surface area contributed by atoms with Gasteiger partial charge < -0.3 is 4.55 Å². The zero-order valence-corrected chi connectivity index (χ0v) is 12.8. The first-order valence-corrected chi connectivity index (χ1v) is 8.42. The zero-order chi connectivity index (χ0) is 14.2. The molecule has 4 nitrogen and oxygen atoms in total. The first kappa shape index (κ1) is 14.4. The number of benzene rings is 1. The average Bonchev–Trinajstić information content (AvgIpc) is 2.60. The highest BCUT2D eigenvalue weighted by Gasteiger charge is 2.19. The number of hydrogen-bond acceptors (Lipinski definition) is 4. The van der Waals surface area contributed by atoms with E-state index in [1.807, 2.05) is 13.8 Å². The third-order valence-corrected chi connectivity index (χ3v) is 5.60. The lowest BCUT2D eigenvalue weighted by molar-refractivity contribution is -0.673. The second-order valence-corrected chi connectivity index (χ2v) is 7.86. The maximum absolute atomic E-state index is 10.9. The van der Waals surface area contributed by atoms with Gasteiger partial charge in [0, 0.05) is 19.4 Å². The van der Waals surface area contributed by atoms with E-state index in [2.05, 4.69) is 22.8 Å². The molecule has 0 bridgehead atoms. The fraction of sp³-hybridized carbons (Fsp3) is 0.462. The van der Waals surface area contributed by atoms with Gasteiger partial charge in [-0.15, -0.1) is 0 Å². The monoisotopic (exact) mass is 299 g/mol. The number of aromatic nitrogens is 1. The molecule has 0 radical (unpaired) electrons. The van der Waals surface area contributed by atoms with Crippen LogP contribution in [0.5, 0.6) is 0 Å². The van der Waals surface area contributed by atoms with Crippen molar-refractivity contribution in [3.8, 4) is 0 Å². The lowest BCUT2D eigenvalue weighted by Crippen LogP contribution is -2.37. The summed E-state index contributed by atoms with van der Waals surface area (Å²) in [6.07, 6.45) is 0.344. The van der Waals surface area contributed by atoms with E-state index in [0.29, 0.717) is 13.0 Å². The van der Waals surface area contributed by atoms with Gasteiger partial charge in [0.15, 0.2) is 6.54 Å². The molecule has 1 aromatic carbocycles. The van der Waals surface area contributed by atoms with Gasteiger partial charge in [-0.2, -0.15) is 4.57 Å². The van der Waals surface area contributed by atoms with E-state index in [1.165, 1.54) is 17.2 Å². The Hall–Kier alpha value is -0.980. The molecule has 0 unspecified atom stereocenters. The fourth-order valence-corrected chi connectivity index (χ4v) is 3.46. The highest BCUT2D eigenvalue weighted by Crippen LogP contribution is 2.21. The molecule has 2 aromatic rings. The minimum atomic E-state index is -4.19. The molecule has 0 amide bonds. The van der Waals surface area contributed by atoms with Crippen molar-refractivity contribution in [2.24, 2.45) is 0 Å². The Bertz CT molecular complexity index is 704. The van der Waals surface area contributed by atoms with Crippen LogP contribution in [0.3, 0.4) is 0 Å². The number of fused-ring (bicyclic) bond motifs is 1. The number of rotatable bonds is 4. The number of hydrogen-bond donors (Lipinski definition) is 0. The van der Waals surface area contributed by atoms with Crippen molar-refractivity contribution in [3.05, 3.63) is 28.8 Å². The van der Waals surface area contributed by atoms with Gasteiger partial charge in [-0.3, -0.25) is 0 Å². The molecule has 104 valence electrons. The SMILES string of the molecule is Cc1ccc2sc(C)[n+](CC[C@@H](C)S(=O)(=O)[O-])c2c1. The molecule has 0 aliphatic carbocycles. The van der Waals surface area contributed by atoms with Gasteiger partial charge in [0.2, 0.25) is 10.5 Å². The van der Waals surface area contributed by atoms with Crippen LogP contribution in [0.25, 0.3) is 10.2 Å². The number of aryl methyl sites for hydroxylation is 3. The van der Waals surface area contributed by atoms with E-state index in [-0.39, 0.29) is 0 Å². The van der Waals surface area contributed by atoms with Crippen LogP contribution in [0.4, 0.5) is 0 Å². The van der Waals surface area contributed by atoms with E-state index >= 15 is 0 Å². The van der Waals surface area contributed by atoms with Crippen LogP contribution in [0, 0.1) is 13.8 Å². The van der Waals surface area contributed by atoms with Crippen molar-refractivity contribution in [3.63, 3.8) is 0 Å². The van der Waals surface area contributed by atoms with Crippen LogP contribution in [-0.4, -0.2) is 18.2 Å². The molecule has 0 aliphatic rings. The average molecular weight is 299 g/mol. The third kappa shape index (κ3) is 3.13. The summed E-state index contributed by atoms with van der Waals surface area (Å²) >= 11 is 1.68. The molecular formula is C13H17NO3S2. The summed E-state index contributed by atoms with van der Waals surface area (Å²) < 4.78 is 36.1. The fourth-order valence-electron chi connectivity index (χ4n) is 2.04. The van der Waals surface area contributed by atoms with E-state index < -0.39 is 15.4 Å². The Labute approximate surface area is 117 Å². The van der Waals surface area contributed by atoms with Gasteiger partial charge >= 0.3 is 0 Å². The summed E-state index contributed by atoms with van der Waals surface area (Å²) in [5, 5.41) is 0.273. The minimum Gasteiger partial charge on any atom is -0.748 e. The van der Waals surface area contributed by atoms with Gasteiger partial charge in [0.05, 0.1) is 15.4 Å². The van der Waals surface area contributed by atoms with Crippen LogP contribution in [0.15, 0.2) is 18.2 Å². The van der Waals surface area contributed by atoms with Gasteiger partial charge in [0.1, 0.15) is 4.70 Å². The standard InChI is InChI=1S/C13H17NO3S2/c1-9-4-5-13-12(8-9)14(11(3)18-13)7-6-10(2)19(15,16)17/h4-5,8,10H,6-7H2,1-3H3/t10-/m1/s1. The van der Waals surface area contributed by atoms with Crippen molar-refractivity contribution in [2.75, 3.05) is 0 Å². The molecule has 1 atom stereocenters. The summed E-state index contributed by atoms with van der Waals surface area (Å²) in [7, 11) is -4.19. The summed E-state index contributed by atoms with van der Waals surface area (Å²) in [4.78, 5) is 0. The second-order valence-electron chi connectivity index (χ2n) is 4.84. The minimum absolute atomic E-state index is 0.344. The topological polar surface area (TPSA) is 61.1 Å². The van der Waals surface area contributed by atoms with E-state index in [0.717, 1.165) is 10.5 Å². The smallest absolute Gasteiger partial charge is 0.235 e. The van der Waals surface area contributed by atoms with Gasteiger partial charge in [-0.05, 0) is 25.5 Å².